The minimum absolute atomic E-state index is 0.0570. The van der Waals surface area contributed by atoms with E-state index < -0.39 is 0 Å². The van der Waals surface area contributed by atoms with Crippen LogP contribution >= 0.6 is 0 Å². The van der Waals surface area contributed by atoms with Crippen LogP contribution < -0.4 is 5.32 Å². The first kappa shape index (κ1) is 13.8. The van der Waals surface area contributed by atoms with Gasteiger partial charge in [0.05, 0.1) is 0 Å². The Morgan fingerprint density at radius 1 is 1.63 bits per heavy atom. The SMILES string of the molecule is CNc1cc(C(=O)N2CCCC(CCO)C2)ccn1. The highest BCUT2D eigenvalue weighted by Crippen LogP contribution is 2.21. The maximum atomic E-state index is 12.4. The van der Waals surface area contributed by atoms with E-state index in [1.54, 1.807) is 25.4 Å². The van der Waals surface area contributed by atoms with Gasteiger partial charge in [0.2, 0.25) is 0 Å². The van der Waals surface area contributed by atoms with Crippen molar-refractivity contribution in [3.05, 3.63) is 23.9 Å². The fourth-order valence-corrected chi connectivity index (χ4v) is 2.55. The number of carbonyl (C=O) groups excluding carboxylic acids is 1. The molecule has 19 heavy (non-hydrogen) atoms. The van der Waals surface area contributed by atoms with Crippen LogP contribution in [0.5, 0.6) is 0 Å². The molecule has 0 aromatic carbocycles. The van der Waals surface area contributed by atoms with E-state index in [2.05, 4.69) is 10.3 Å². The number of carbonyl (C=O) groups is 1. The van der Waals surface area contributed by atoms with Crippen LogP contribution in [0.3, 0.4) is 0 Å². The van der Waals surface area contributed by atoms with Crippen LogP contribution in [0.1, 0.15) is 29.6 Å². The van der Waals surface area contributed by atoms with Crippen LogP contribution in [-0.2, 0) is 0 Å². The van der Waals surface area contributed by atoms with Crippen LogP contribution in [0, 0.1) is 5.92 Å². The minimum atomic E-state index is 0.0570. The molecule has 1 aliphatic rings. The number of nitrogens with zero attached hydrogens (tertiary/aromatic N) is 2. The molecule has 1 unspecified atom stereocenters. The third-order valence-corrected chi connectivity index (χ3v) is 3.61. The van der Waals surface area contributed by atoms with Gasteiger partial charge >= 0.3 is 0 Å². The van der Waals surface area contributed by atoms with E-state index in [1.807, 2.05) is 4.90 Å². The van der Waals surface area contributed by atoms with Crippen molar-refractivity contribution in [2.45, 2.75) is 19.3 Å². The molecule has 1 fully saturated rings. The molecule has 2 rings (SSSR count). The molecule has 1 aliphatic heterocycles. The van der Waals surface area contributed by atoms with Crippen LogP contribution in [0.25, 0.3) is 0 Å². The average Bonchev–Trinajstić information content (AvgIpc) is 2.47. The summed E-state index contributed by atoms with van der Waals surface area (Å²) in [6.07, 6.45) is 4.54. The Labute approximate surface area is 113 Å². The van der Waals surface area contributed by atoms with Gasteiger partial charge in [-0.2, -0.15) is 0 Å². The van der Waals surface area contributed by atoms with E-state index >= 15 is 0 Å². The summed E-state index contributed by atoms with van der Waals surface area (Å²) in [5, 5.41) is 11.9. The number of aliphatic hydroxyl groups excluding tert-OH is 1. The summed E-state index contributed by atoms with van der Waals surface area (Å²) in [7, 11) is 1.79. The van der Waals surface area contributed by atoms with E-state index in [9.17, 15) is 4.79 Å². The first-order valence-corrected chi connectivity index (χ1v) is 6.78. The zero-order valence-corrected chi connectivity index (χ0v) is 11.3. The molecule has 0 radical (unpaired) electrons. The van der Waals surface area contributed by atoms with Crippen molar-refractivity contribution in [3.63, 3.8) is 0 Å². The van der Waals surface area contributed by atoms with Gasteiger partial charge in [0.1, 0.15) is 5.82 Å². The molecule has 104 valence electrons. The lowest BCUT2D eigenvalue weighted by atomic mass is 9.95. The second kappa shape index (κ2) is 6.52. The Hall–Kier alpha value is -1.62. The maximum Gasteiger partial charge on any atom is 0.254 e. The van der Waals surface area contributed by atoms with Crippen molar-refractivity contribution in [3.8, 4) is 0 Å². The predicted molar refractivity (Wildman–Crippen MR) is 74.1 cm³/mol. The Balaban J connectivity index is 2.05. The second-order valence-corrected chi connectivity index (χ2v) is 4.95. The largest absolute Gasteiger partial charge is 0.396 e. The lowest BCUT2D eigenvalue weighted by Crippen LogP contribution is -2.40. The van der Waals surface area contributed by atoms with E-state index in [4.69, 9.17) is 5.11 Å². The summed E-state index contributed by atoms with van der Waals surface area (Å²) < 4.78 is 0. The molecular formula is C14H21N3O2. The van der Waals surface area contributed by atoms with Crippen LogP contribution in [-0.4, -0.2) is 47.6 Å². The molecule has 0 spiro atoms. The lowest BCUT2D eigenvalue weighted by Gasteiger charge is -2.32. The highest BCUT2D eigenvalue weighted by Gasteiger charge is 2.24. The van der Waals surface area contributed by atoms with Crippen molar-refractivity contribution < 1.29 is 9.90 Å². The van der Waals surface area contributed by atoms with Gasteiger partial charge in [-0.3, -0.25) is 4.79 Å². The Kier molecular flexibility index (Phi) is 4.74. The number of hydrogen-bond donors (Lipinski definition) is 2. The lowest BCUT2D eigenvalue weighted by molar-refractivity contribution is 0.0653. The minimum Gasteiger partial charge on any atom is -0.396 e. The number of pyridine rings is 1. The molecule has 1 aromatic rings. The first-order valence-electron chi connectivity index (χ1n) is 6.78. The Bertz CT molecular complexity index is 434. The smallest absolute Gasteiger partial charge is 0.254 e. The normalized spacial score (nSPS) is 19.3. The van der Waals surface area contributed by atoms with Gasteiger partial charge in [-0.05, 0) is 37.3 Å². The summed E-state index contributed by atoms with van der Waals surface area (Å²) in [6, 6.07) is 3.52. The molecule has 0 bridgehead atoms. The molecule has 5 nitrogen and oxygen atoms in total. The number of likely N-dealkylation sites (tertiary alicyclic amines) is 1. The van der Waals surface area contributed by atoms with E-state index in [0.29, 0.717) is 17.3 Å². The van der Waals surface area contributed by atoms with Crippen molar-refractivity contribution in [2.24, 2.45) is 5.92 Å². The summed E-state index contributed by atoms with van der Waals surface area (Å²) in [5.41, 5.74) is 0.670. The van der Waals surface area contributed by atoms with Crippen LogP contribution in [0.4, 0.5) is 5.82 Å². The van der Waals surface area contributed by atoms with Gasteiger partial charge in [0.15, 0.2) is 0 Å². The summed E-state index contributed by atoms with van der Waals surface area (Å²) in [6.45, 7) is 1.75. The quantitative estimate of drug-likeness (QED) is 0.861. The molecule has 1 aromatic heterocycles. The summed E-state index contributed by atoms with van der Waals surface area (Å²) in [4.78, 5) is 18.4. The number of nitrogens with one attached hydrogen (secondary N) is 1. The molecule has 0 aliphatic carbocycles. The molecule has 0 saturated carbocycles. The fourth-order valence-electron chi connectivity index (χ4n) is 2.55. The number of aliphatic hydroxyl groups is 1. The highest BCUT2D eigenvalue weighted by atomic mass is 16.3. The maximum absolute atomic E-state index is 12.4. The van der Waals surface area contributed by atoms with Gasteiger partial charge < -0.3 is 15.3 Å². The number of aromatic nitrogens is 1. The average molecular weight is 263 g/mol. The molecule has 5 heteroatoms. The number of amides is 1. The number of rotatable bonds is 4. The van der Waals surface area contributed by atoms with Crippen molar-refractivity contribution in [1.82, 2.24) is 9.88 Å². The van der Waals surface area contributed by atoms with Crippen molar-refractivity contribution >= 4 is 11.7 Å². The number of anilines is 1. The zero-order valence-electron chi connectivity index (χ0n) is 11.3. The zero-order chi connectivity index (χ0) is 13.7. The van der Waals surface area contributed by atoms with Gasteiger partial charge in [-0.25, -0.2) is 4.98 Å². The molecule has 2 heterocycles. The van der Waals surface area contributed by atoms with E-state index in [-0.39, 0.29) is 12.5 Å². The third kappa shape index (κ3) is 3.44. The third-order valence-electron chi connectivity index (χ3n) is 3.61. The van der Waals surface area contributed by atoms with Crippen LogP contribution in [0.2, 0.25) is 0 Å². The predicted octanol–water partition coefficient (Wildman–Crippen LogP) is 1.36. The highest BCUT2D eigenvalue weighted by molar-refractivity contribution is 5.94. The summed E-state index contributed by atoms with van der Waals surface area (Å²) in [5.74, 6) is 1.18. The van der Waals surface area contributed by atoms with Crippen molar-refractivity contribution in [2.75, 3.05) is 32.1 Å². The number of hydrogen-bond acceptors (Lipinski definition) is 4. The summed E-state index contributed by atoms with van der Waals surface area (Å²) >= 11 is 0. The topological polar surface area (TPSA) is 65.5 Å². The molecule has 1 atom stereocenters. The second-order valence-electron chi connectivity index (χ2n) is 4.95. The standard InChI is InChI=1S/C14H21N3O2/c1-15-13-9-12(4-6-16-13)14(19)17-7-2-3-11(10-17)5-8-18/h4,6,9,11,18H,2-3,5,7-8,10H2,1H3,(H,15,16). The number of piperidine rings is 1. The van der Waals surface area contributed by atoms with Gasteiger partial charge in [0.25, 0.3) is 5.91 Å². The van der Waals surface area contributed by atoms with E-state index in [1.165, 1.54) is 0 Å². The first-order chi connectivity index (χ1) is 9.24. The van der Waals surface area contributed by atoms with Gasteiger partial charge in [-0.1, -0.05) is 0 Å². The van der Waals surface area contributed by atoms with E-state index in [0.717, 1.165) is 32.4 Å². The molecule has 2 N–H and O–H groups in total. The monoisotopic (exact) mass is 263 g/mol. The van der Waals surface area contributed by atoms with Gasteiger partial charge in [0, 0.05) is 38.5 Å². The fraction of sp³-hybridized carbons (Fsp3) is 0.571. The molecule has 1 saturated heterocycles. The van der Waals surface area contributed by atoms with Crippen molar-refractivity contribution in [1.29, 1.82) is 0 Å². The molecule has 1 amide bonds. The molecular weight excluding hydrogens is 242 g/mol. The Morgan fingerprint density at radius 2 is 2.47 bits per heavy atom. The Morgan fingerprint density at radius 3 is 3.21 bits per heavy atom. The van der Waals surface area contributed by atoms with Crippen LogP contribution in [0.15, 0.2) is 18.3 Å². The van der Waals surface area contributed by atoms with Gasteiger partial charge in [-0.15, -0.1) is 0 Å².